The highest BCUT2D eigenvalue weighted by molar-refractivity contribution is 7.90. The van der Waals surface area contributed by atoms with Gasteiger partial charge in [-0.2, -0.15) is 8.42 Å². The molecule has 0 radical (unpaired) electrons. The van der Waals surface area contributed by atoms with Crippen molar-refractivity contribution in [3.05, 3.63) is 47.5 Å². The molecule has 1 aliphatic heterocycles. The van der Waals surface area contributed by atoms with Crippen LogP contribution in [0.5, 0.6) is 5.75 Å². The molecule has 31 heavy (non-hydrogen) atoms. The van der Waals surface area contributed by atoms with Crippen LogP contribution >= 0.6 is 0 Å². The number of sulfonamides is 1. The Labute approximate surface area is 182 Å². The van der Waals surface area contributed by atoms with Crippen molar-refractivity contribution in [2.24, 2.45) is 0 Å². The maximum atomic E-state index is 12.9. The zero-order valence-electron chi connectivity index (χ0n) is 17.9. The van der Waals surface area contributed by atoms with Gasteiger partial charge < -0.3 is 14.4 Å². The Balaban J connectivity index is 1.51. The van der Waals surface area contributed by atoms with Gasteiger partial charge >= 0.3 is 0 Å². The Morgan fingerprint density at radius 3 is 2.74 bits per heavy atom. The molecular weight excluding hydrogens is 418 g/mol. The molecule has 4 rings (SSSR count). The van der Waals surface area contributed by atoms with Crippen LogP contribution in [-0.4, -0.2) is 50.7 Å². The van der Waals surface area contributed by atoms with Crippen molar-refractivity contribution in [2.75, 3.05) is 24.7 Å². The van der Waals surface area contributed by atoms with E-state index in [4.69, 9.17) is 9.47 Å². The number of morpholine rings is 1. The number of ether oxygens (including phenoxy) is 2. The summed E-state index contributed by atoms with van der Waals surface area (Å²) in [6.07, 6.45) is 0.918. The average Bonchev–Trinajstić information content (AvgIpc) is 3.52. The largest absolute Gasteiger partial charge is 0.477 e. The number of hydrogen-bond donors (Lipinski definition) is 1. The Morgan fingerprint density at radius 1 is 1.26 bits per heavy atom. The van der Waals surface area contributed by atoms with Gasteiger partial charge in [-0.3, -0.25) is 4.79 Å². The maximum Gasteiger partial charge on any atom is 0.281 e. The topological polar surface area (TPSA) is 97.8 Å². The van der Waals surface area contributed by atoms with Crippen LogP contribution in [0.2, 0.25) is 0 Å². The molecule has 1 aromatic carbocycles. The second-order valence-corrected chi connectivity index (χ2v) is 9.88. The van der Waals surface area contributed by atoms with Crippen molar-refractivity contribution in [1.29, 1.82) is 0 Å². The summed E-state index contributed by atoms with van der Waals surface area (Å²) in [5.74, 6) is 0.464. The van der Waals surface area contributed by atoms with Gasteiger partial charge in [0.2, 0.25) is 0 Å². The molecule has 2 aromatic rings. The molecule has 1 N–H and O–H groups in total. The summed E-state index contributed by atoms with van der Waals surface area (Å²) in [5.41, 5.74) is 0.728. The lowest BCUT2D eigenvalue weighted by Crippen LogP contribution is -2.45. The zero-order chi connectivity index (χ0) is 22.2. The molecule has 0 unspecified atom stereocenters. The summed E-state index contributed by atoms with van der Waals surface area (Å²) in [7, 11) is -4.14. The molecule has 0 bridgehead atoms. The number of nitrogens with zero attached hydrogens (tertiary/aromatic N) is 2. The Hall–Kier alpha value is -2.65. The van der Waals surface area contributed by atoms with E-state index in [1.807, 2.05) is 43.9 Å². The van der Waals surface area contributed by atoms with E-state index >= 15 is 0 Å². The zero-order valence-corrected chi connectivity index (χ0v) is 18.7. The summed E-state index contributed by atoms with van der Waals surface area (Å²) in [5, 5.41) is -0.195. The minimum atomic E-state index is -4.14. The van der Waals surface area contributed by atoms with Crippen molar-refractivity contribution >= 4 is 21.7 Å². The number of aromatic nitrogens is 1. The van der Waals surface area contributed by atoms with Gasteiger partial charge in [0.1, 0.15) is 11.6 Å². The number of carbonyl (C=O) groups is 1. The smallest absolute Gasteiger partial charge is 0.281 e. The van der Waals surface area contributed by atoms with Gasteiger partial charge in [0.15, 0.2) is 10.6 Å². The molecule has 1 aromatic heterocycles. The molecule has 2 aliphatic rings. The molecule has 1 saturated heterocycles. The van der Waals surface area contributed by atoms with Crippen molar-refractivity contribution in [3.8, 4) is 5.75 Å². The number of aryl methyl sites for hydroxylation is 2. The first-order valence-corrected chi connectivity index (χ1v) is 11.8. The minimum Gasteiger partial charge on any atom is -0.477 e. The van der Waals surface area contributed by atoms with Gasteiger partial charge in [-0.1, -0.05) is 18.2 Å². The summed E-state index contributed by atoms with van der Waals surface area (Å²) in [6, 6.07) is 10.6. The van der Waals surface area contributed by atoms with Gasteiger partial charge in [0.05, 0.1) is 19.3 Å². The fourth-order valence-corrected chi connectivity index (χ4v) is 4.57. The Kier molecular flexibility index (Phi) is 5.65. The first-order chi connectivity index (χ1) is 14.7. The summed E-state index contributed by atoms with van der Waals surface area (Å²) >= 11 is 0. The molecule has 1 amide bonds. The van der Waals surface area contributed by atoms with Gasteiger partial charge in [-0.25, -0.2) is 9.71 Å². The lowest BCUT2D eigenvalue weighted by Gasteiger charge is -2.34. The first kappa shape index (κ1) is 21.6. The van der Waals surface area contributed by atoms with Gasteiger partial charge in [-0.05, 0) is 50.1 Å². The van der Waals surface area contributed by atoms with E-state index < -0.39 is 21.5 Å². The molecule has 2 heterocycles. The van der Waals surface area contributed by atoms with Crippen LogP contribution < -0.4 is 14.4 Å². The van der Waals surface area contributed by atoms with Gasteiger partial charge in [-0.15, -0.1) is 0 Å². The van der Waals surface area contributed by atoms with Crippen LogP contribution in [0.4, 0.5) is 5.82 Å². The number of pyridine rings is 1. The van der Waals surface area contributed by atoms with Crippen LogP contribution in [0.15, 0.2) is 41.4 Å². The van der Waals surface area contributed by atoms with Crippen molar-refractivity contribution in [2.45, 2.75) is 50.3 Å². The third-order valence-electron chi connectivity index (χ3n) is 5.64. The monoisotopic (exact) mass is 445 g/mol. The maximum absolute atomic E-state index is 12.9. The number of anilines is 1. The summed E-state index contributed by atoms with van der Waals surface area (Å²) in [6.45, 7) is 7.54. The summed E-state index contributed by atoms with van der Waals surface area (Å²) < 4.78 is 39.4. The first-order valence-electron chi connectivity index (χ1n) is 10.4. The average molecular weight is 446 g/mol. The van der Waals surface area contributed by atoms with Crippen LogP contribution in [0.25, 0.3) is 0 Å². The fourth-order valence-electron chi connectivity index (χ4n) is 3.57. The van der Waals surface area contributed by atoms with Crippen molar-refractivity contribution in [1.82, 2.24) is 9.71 Å². The SMILES string of the molecule is Cc1ccc(C)c(OC2(C(=O)NS(=O)(=O)c3cccc(N4CCOC[C@@H]4C)n3)CC2)c1. The standard InChI is InChI=1S/C22H27N3O5S/c1-15-7-8-16(2)18(13-15)30-22(9-10-22)21(26)24-31(27,28)20-6-4-5-19(23-20)25-11-12-29-14-17(25)3/h4-8,13,17H,9-12,14H2,1-3H3,(H,24,26)/t17-/m0/s1. The van der Waals surface area contributed by atoms with E-state index in [9.17, 15) is 13.2 Å². The second-order valence-electron chi connectivity index (χ2n) is 8.25. The minimum absolute atomic E-state index is 0.0782. The molecule has 9 heteroatoms. The number of rotatable bonds is 6. The quantitative estimate of drug-likeness (QED) is 0.729. The van der Waals surface area contributed by atoms with Crippen LogP contribution in [0.1, 0.15) is 30.9 Å². The lowest BCUT2D eigenvalue weighted by molar-refractivity contribution is -0.127. The lowest BCUT2D eigenvalue weighted by atomic mass is 10.1. The van der Waals surface area contributed by atoms with E-state index in [2.05, 4.69) is 9.71 Å². The van der Waals surface area contributed by atoms with Crippen LogP contribution in [0, 0.1) is 13.8 Å². The van der Waals surface area contributed by atoms with E-state index in [1.54, 1.807) is 12.1 Å². The van der Waals surface area contributed by atoms with E-state index in [1.165, 1.54) is 6.07 Å². The fraction of sp³-hybridized carbons (Fsp3) is 0.455. The second kappa shape index (κ2) is 8.12. The number of hydrogen-bond acceptors (Lipinski definition) is 7. The third-order valence-corrected chi connectivity index (χ3v) is 6.87. The molecule has 166 valence electrons. The predicted octanol–water partition coefficient (Wildman–Crippen LogP) is 2.34. The van der Waals surface area contributed by atoms with Gasteiger partial charge in [0.25, 0.3) is 15.9 Å². The number of nitrogens with one attached hydrogen (secondary N) is 1. The van der Waals surface area contributed by atoms with Crippen molar-refractivity contribution < 1.29 is 22.7 Å². The third kappa shape index (κ3) is 4.52. The number of amides is 1. The van der Waals surface area contributed by atoms with E-state index in [0.717, 1.165) is 11.1 Å². The van der Waals surface area contributed by atoms with Crippen LogP contribution in [0.3, 0.4) is 0 Å². The highest BCUT2D eigenvalue weighted by Gasteiger charge is 2.54. The highest BCUT2D eigenvalue weighted by Crippen LogP contribution is 2.42. The van der Waals surface area contributed by atoms with Crippen molar-refractivity contribution in [3.63, 3.8) is 0 Å². The molecule has 1 atom stereocenters. The molecule has 8 nitrogen and oxygen atoms in total. The molecule has 1 saturated carbocycles. The van der Waals surface area contributed by atoms with Gasteiger partial charge in [0, 0.05) is 19.4 Å². The predicted molar refractivity (Wildman–Crippen MR) is 116 cm³/mol. The molecule has 0 spiro atoms. The highest BCUT2D eigenvalue weighted by atomic mass is 32.2. The molecular formula is C22H27N3O5S. The van der Waals surface area contributed by atoms with E-state index in [0.29, 0.717) is 44.2 Å². The molecule has 2 fully saturated rings. The molecule has 1 aliphatic carbocycles. The number of carbonyl (C=O) groups excluding carboxylic acids is 1. The van der Waals surface area contributed by atoms with Crippen LogP contribution in [-0.2, 0) is 19.6 Å². The Morgan fingerprint density at radius 2 is 2.03 bits per heavy atom. The summed E-state index contributed by atoms with van der Waals surface area (Å²) in [4.78, 5) is 19.2. The normalized spacial score (nSPS) is 20.2. The van der Waals surface area contributed by atoms with E-state index in [-0.39, 0.29) is 11.1 Å². The number of benzene rings is 1. The Bertz CT molecular complexity index is 1100.